The topological polar surface area (TPSA) is 50.7 Å². The van der Waals surface area contributed by atoms with Crippen molar-refractivity contribution in [3.05, 3.63) is 29.3 Å². The van der Waals surface area contributed by atoms with Gasteiger partial charge in [0.1, 0.15) is 5.75 Å². The molecule has 1 rings (SSSR count). The molecule has 1 N–H and O–H groups in total. The van der Waals surface area contributed by atoms with Crippen LogP contribution < -0.4 is 10.2 Å². The number of benzene rings is 1. The van der Waals surface area contributed by atoms with Gasteiger partial charge < -0.3 is 4.74 Å². The molecule has 0 fully saturated rings. The van der Waals surface area contributed by atoms with Gasteiger partial charge in [0.2, 0.25) is 0 Å². The van der Waals surface area contributed by atoms with Crippen LogP contribution in [0.1, 0.15) is 27.2 Å². The summed E-state index contributed by atoms with van der Waals surface area (Å²) in [6.07, 6.45) is 0.809. The van der Waals surface area contributed by atoms with Crippen molar-refractivity contribution in [2.24, 2.45) is 11.0 Å². The van der Waals surface area contributed by atoms with Crippen molar-refractivity contribution < 1.29 is 9.53 Å². The van der Waals surface area contributed by atoms with Crippen LogP contribution >= 0.6 is 11.6 Å². The van der Waals surface area contributed by atoms with Crippen LogP contribution in [0.15, 0.2) is 29.4 Å². The first-order valence-electron chi connectivity index (χ1n) is 6.27. The van der Waals surface area contributed by atoms with E-state index in [1.807, 2.05) is 20.8 Å². The fraction of sp³-hybridized carbons (Fsp3) is 0.429. The number of nitrogens with one attached hydrogen (secondary N) is 1. The Morgan fingerprint density at radius 3 is 2.68 bits per heavy atom. The molecular formula is C14H19ClN2O2. The van der Waals surface area contributed by atoms with Gasteiger partial charge in [-0.05, 0) is 24.5 Å². The molecule has 0 aliphatic carbocycles. The zero-order valence-electron chi connectivity index (χ0n) is 11.4. The summed E-state index contributed by atoms with van der Waals surface area (Å²) in [7, 11) is 0. The molecule has 0 saturated carbocycles. The van der Waals surface area contributed by atoms with E-state index in [-0.39, 0.29) is 12.5 Å². The molecule has 0 spiro atoms. The molecule has 1 aromatic rings. The standard InChI is InChI=1S/C14H19ClN2O2/c1-4-12(10(2)3)16-17-14(18)9-19-13-8-6-5-7-11(13)15/h5-8,10H,4,9H2,1-3H3,(H,17,18)/b16-12-. The molecule has 0 aromatic heterocycles. The second kappa shape index (κ2) is 7.79. The summed E-state index contributed by atoms with van der Waals surface area (Å²) in [5, 5.41) is 4.56. The number of amides is 1. The number of hydrazone groups is 1. The lowest BCUT2D eigenvalue weighted by molar-refractivity contribution is -0.123. The Labute approximate surface area is 118 Å². The normalized spacial score (nSPS) is 11.5. The maximum Gasteiger partial charge on any atom is 0.277 e. The molecule has 0 bridgehead atoms. The molecular weight excluding hydrogens is 264 g/mol. The van der Waals surface area contributed by atoms with Crippen LogP contribution in [0.25, 0.3) is 0 Å². The minimum Gasteiger partial charge on any atom is -0.482 e. The van der Waals surface area contributed by atoms with Crippen molar-refractivity contribution in [3.63, 3.8) is 0 Å². The third kappa shape index (κ3) is 5.30. The molecule has 104 valence electrons. The molecule has 0 aliphatic heterocycles. The quantitative estimate of drug-likeness (QED) is 0.643. The monoisotopic (exact) mass is 282 g/mol. The average molecular weight is 283 g/mol. The van der Waals surface area contributed by atoms with Crippen molar-refractivity contribution in [2.75, 3.05) is 6.61 Å². The molecule has 0 saturated heterocycles. The fourth-order valence-corrected chi connectivity index (χ4v) is 1.68. The highest BCUT2D eigenvalue weighted by Crippen LogP contribution is 2.22. The maximum absolute atomic E-state index is 11.6. The number of carbonyl (C=O) groups excluding carboxylic acids is 1. The number of rotatable bonds is 6. The third-order valence-corrected chi connectivity index (χ3v) is 2.86. The largest absolute Gasteiger partial charge is 0.482 e. The second-order valence-electron chi connectivity index (χ2n) is 4.37. The van der Waals surface area contributed by atoms with Gasteiger partial charge in [0.05, 0.1) is 5.02 Å². The first-order valence-corrected chi connectivity index (χ1v) is 6.65. The van der Waals surface area contributed by atoms with Crippen LogP contribution in [0, 0.1) is 5.92 Å². The van der Waals surface area contributed by atoms with Crippen molar-refractivity contribution in [1.29, 1.82) is 0 Å². The van der Waals surface area contributed by atoms with Gasteiger partial charge in [-0.2, -0.15) is 5.10 Å². The SMILES string of the molecule is CC/C(=N/NC(=O)COc1ccccc1Cl)C(C)C. The third-order valence-electron chi connectivity index (χ3n) is 2.55. The van der Waals surface area contributed by atoms with E-state index in [0.29, 0.717) is 16.7 Å². The molecule has 19 heavy (non-hydrogen) atoms. The lowest BCUT2D eigenvalue weighted by Crippen LogP contribution is -2.26. The summed E-state index contributed by atoms with van der Waals surface area (Å²) in [4.78, 5) is 11.6. The maximum atomic E-state index is 11.6. The second-order valence-corrected chi connectivity index (χ2v) is 4.77. The van der Waals surface area contributed by atoms with E-state index in [4.69, 9.17) is 16.3 Å². The first kappa shape index (κ1) is 15.5. The summed E-state index contributed by atoms with van der Waals surface area (Å²) < 4.78 is 5.31. The van der Waals surface area contributed by atoms with Gasteiger partial charge >= 0.3 is 0 Å². The molecule has 1 amide bonds. The Morgan fingerprint density at radius 1 is 1.42 bits per heavy atom. The lowest BCUT2D eigenvalue weighted by Gasteiger charge is -2.09. The van der Waals surface area contributed by atoms with Gasteiger partial charge in [0.25, 0.3) is 5.91 Å². The Hall–Kier alpha value is -1.55. The Kier molecular flexibility index (Phi) is 6.36. The smallest absolute Gasteiger partial charge is 0.277 e. The summed E-state index contributed by atoms with van der Waals surface area (Å²) in [5.41, 5.74) is 3.44. The highest BCUT2D eigenvalue weighted by atomic mass is 35.5. The highest BCUT2D eigenvalue weighted by molar-refractivity contribution is 6.32. The van der Waals surface area contributed by atoms with E-state index >= 15 is 0 Å². The van der Waals surface area contributed by atoms with Gasteiger partial charge in [-0.25, -0.2) is 5.43 Å². The van der Waals surface area contributed by atoms with Gasteiger partial charge in [0, 0.05) is 5.71 Å². The zero-order chi connectivity index (χ0) is 14.3. The predicted molar refractivity (Wildman–Crippen MR) is 77.7 cm³/mol. The number of ether oxygens (including phenoxy) is 1. The average Bonchev–Trinajstić information content (AvgIpc) is 2.38. The van der Waals surface area contributed by atoms with Crippen LogP contribution in [0.4, 0.5) is 0 Å². The number of para-hydroxylation sites is 1. The van der Waals surface area contributed by atoms with Crippen LogP contribution in [0.3, 0.4) is 0 Å². The lowest BCUT2D eigenvalue weighted by atomic mass is 10.1. The molecule has 0 heterocycles. The predicted octanol–water partition coefficient (Wildman–Crippen LogP) is 3.26. The first-order chi connectivity index (χ1) is 9.04. The van der Waals surface area contributed by atoms with Crippen molar-refractivity contribution in [1.82, 2.24) is 5.43 Å². The van der Waals surface area contributed by atoms with E-state index in [2.05, 4.69) is 10.5 Å². The molecule has 1 aromatic carbocycles. The minimum atomic E-state index is -0.300. The summed E-state index contributed by atoms with van der Waals surface area (Å²) >= 11 is 5.91. The van der Waals surface area contributed by atoms with E-state index in [1.54, 1.807) is 24.3 Å². The molecule has 0 aliphatic rings. The minimum absolute atomic E-state index is 0.109. The van der Waals surface area contributed by atoms with E-state index < -0.39 is 0 Å². The molecule has 0 radical (unpaired) electrons. The number of nitrogens with zero attached hydrogens (tertiary/aromatic N) is 1. The van der Waals surface area contributed by atoms with Gasteiger partial charge in [0.15, 0.2) is 6.61 Å². The van der Waals surface area contributed by atoms with Crippen LogP contribution in [0.2, 0.25) is 5.02 Å². The molecule has 0 unspecified atom stereocenters. The Balaban J connectivity index is 2.47. The van der Waals surface area contributed by atoms with Gasteiger partial charge in [-0.15, -0.1) is 0 Å². The summed E-state index contributed by atoms with van der Waals surface area (Å²) in [5.74, 6) is 0.504. The molecule has 5 heteroatoms. The number of halogens is 1. The summed E-state index contributed by atoms with van der Waals surface area (Å²) in [6, 6.07) is 7.02. The fourth-order valence-electron chi connectivity index (χ4n) is 1.49. The van der Waals surface area contributed by atoms with Crippen molar-refractivity contribution >= 4 is 23.2 Å². The van der Waals surface area contributed by atoms with Crippen LogP contribution in [-0.4, -0.2) is 18.2 Å². The van der Waals surface area contributed by atoms with Crippen LogP contribution in [-0.2, 0) is 4.79 Å². The number of carbonyl (C=O) groups is 1. The number of hydrogen-bond acceptors (Lipinski definition) is 3. The van der Waals surface area contributed by atoms with E-state index in [9.17, 15) is 4.79 Å². The van der Waals surface area contributed by atoms with E-state index in [1.165, 1.54) is 0 Å². The summed E-state index contributed by atoms with van der Waals surface area (Å²) in [6.45, 7) is 5.97. The van der Waals surface area contributed by atoms with E-state index in [0.717, 1.165) is 12.1 Å². The number of hydrogen-bond donors (Lipinski definition) is 1. The molecule has 4 nitrogen and oxygen atoms in total. The van der Waals surface area contributed by atoms with Crippen LogP contribution in [0.5, 0.6) is 5.75 Å². The molecule has 0 atom stereocenters. The Bertz CT molecular complexity index is 459. The van der Waals surface area contributed by atoms with Gasteiger partial charge in [-0.1, -0.05) is 44.5 Å². The van der Waals surface area contributed by atoms with Crippen molar-refractivity contribution in [2.45, 2.75) is 27.2 Å². The zero-order valence-corrected chi connectivity index (χ0v) is 12.2. The Morgan fingerprint density at radius 2 is 2.11 bits per heavy atom. The highest BCUT2D eigenvalue weighted by Gasteiger charge is 2.06. The van der Waals surface area contributed by atoms with Crippen molar-refractivity contribution in [3.8, 4) is 5.75 Å². The van der Waals surface area contributed by atoms with Gasteiger partial charge in [-0.3, -0.25) is 4.79 Å².